The molecule has 0 spiro atoms. The van der Waals surface area contributed by atoms with Gasteiger partial charge in [-0.3, -0.25) is 14.9 Å². The van der Waals surface area contributed by atoms with Gasteiger partial charge in [0.15, 0.2) is 0 Å². The van der Waals surface area contributed by atoms with Gasteiger partial charge in [-0.15, -0.1) is 0 Å². The molecule has 3 aromatic carbocycles. The molecule has 0 saturated heterocycles. The largest absolute Gasteiger partial charge is 0.489 e. The molecule has 0 aliphatic heterocycles. The van der Waals surface area contributed by atoms with E-state index in [1.165, 1.54) is 12.1 Å². The van der Waals surface area contributed by atoms with Crippen molar-refractivity contribution in [3.8, 4) is 22.6 Å². The van der Waals surface area contributed by atoms with Crippen molar-refractivity contribution in [2.45, 2.75) is 20.0 Å². The molecule has 0 aliphatic carbocycles. The number of hydrogen-bond acceptors (Lipinski definition) is 5. The van der Waals surface area contributed by atoms with Gasteiger partial charge < -0.3 is 9.47 Å². The van der Waals surface area contributed by atoms with E-state index in [4.69, 9.17) is 9.47 Å². The molecule has 0 radical (unpaired) electrons. The number of nitro groups is 1. The molecule has 0 amide bonds. The Hall–Kier alpha value is -3.67. The van der Waals surface area contributed by atoms with Crippen molar-refractivity contribution >= 4 is 11.7 Å². The highest BCUT2D eigenvalue weighted by Crippen LogP contribution is 2.33. The summed E-state index contributed by atoms with van der Waals surface area (Å²) in [6.45, 7) is 2.09. The highest BCUT2D eigenvalue weighted by Gasteiger charge is 2.18. The Kier molecular flexibility index (Phi) is 6.01. The molecule has 0 N–H and O–H groups in total. The minimum atomic E-state index is -0.556. The predicted molar refractivity (Wildman–Crippen MR) is 105 cm³/mol. The fraction of sp³-hybridized carbons (Fsp3) is 0.136. The van der Waals surface area contributed by atoms with Gasteiger partial charge in [0.2, 0.25) is 5.75 Å². The number of carbonyl (C=O) groups excluding carboxylic acids is 1. The summed E-state index contributed by atoms with van der Waals surface area (Å²) < 4.78 is 10.8. The van der Waals surface area contributed by atoms with E-state index in [0.29, 0.717) is 17.9 Å². The zero-order chi connectivity index (χ0) is 19.9. The van der Waals surface area contributed by atoms with Crippen LogP contribution in [0.2, 0.25) is 0 Å². The van der Waals surface area contributed by atoms with Crippen LogP contribution in [-0.4, -0.2) is 10.9 Å². The normalized spacial score (nSPS) is 10.3. The Morgan fingerprint density at radius 3 is 2.29 bits per heavy atom. The number of hydrogen-bond donors (Lipinski definition) is 0. The molecular weight excluding hydrogens is 358 g/mol. The summed E-state index contributed by atoms with van der Waals surface area (Å²) in [7, 11) is 0. The van der Waals surface area contributed by atoms with Crippen LogP contribution in [0.15, 0.2) is 72.8 Å². The van der Waals surface area contributed by atoms with Crippen LogP contribution < -0.4 is 9.47 Å². The van der Waals surface area contributed by atoms with Crippen molar-refractivity contribution < 1.29 is 19.2 Å². The van der Waals surface area contributed by atoms with Crippen LogP contribution in [0.4, 0.5) is 5.69 Å². The van der Waals surface area contributed by atoms with Crippen LogP contribution in [0, 0.1) is 10.1 Å². The second kappa shape index (κ2) is 8.81. The Bertz CT molecular complexity index is 968. The number of nitrogens with zero attached hydrogens (tertiary/aromatic N) is 1. The van der Waals surface area contributed by atoms with Gasteiger partial charge in [-0.25, -0.2) is 0 Å². The van der Waals surface area contributed by atoms with Gasteiger partial charge in [0.05, 0.1) is 4.92 Å². The average molecular weight is 377 g/mol. The van der Waals surface area contributed by atoms with Gasteiger partial charge in [-0.2, -0.15) is 0 Å². The van der Waals surface area contributed by atoms with Gasteiger partial charge in [0.1, 0.15) is 12.4 Å². The van der Waals surface area contributed by atoms with E-state index < -0.39 is 10.9 Å². The van der Waals surface area contributed by atoms with Crippen molar-refractivity contribution in [1.82, 2.24) is 0 Å². The van der Waals surface area contributed by atoms with Crippen molar-refractivity contribution in [3.63, 3.8) is 0 Å². The minimum absolute atomic E-state index is 0.0524. The Morgan fingerprint density at radius 2 is 1.64 bits per heavy atom. The molecule has 28 heavy (non-hydrogen) atoms. The smallest absolute Gasteiger partial charge is 0.312 e. The zero-order valence-electron chi connectivity index (χ0n) is 15.3. The van der Waals surface area contributed by atoms with E-state index in [1.54, 1.807) is 13.0 Å². The van der Waals surface area contributed by atoms with Crippen LogP contribution in [0.3, 0.4) is 0 Å². The summed E-state index contributed by atoms with van der Waals surface area (Å²) >= 11 is 0. The summed E-state index contributed by atoms with van der Waals surface area (Å²) in [5.41, 5.74) is 2.27. The fourth-order valence-electron chi connectivity index (χ4n) is 2.61. The lowest BCUT2D eigenvalue weighted by Crippen LogP contribution is -2.07. The topological polar surface area (TPSA) is 78.7 Å². The third-order valence-corrected chi connectivity index (χ3v) is 4.10. The van der Waals surface area contributed by atoms with E-state index >= 15 is 0 Å². The maximum atomic E-state index is 11.5. The van der Waals surface area contributed by atoms with Gasteiger partial charge in [0.25, 0.3) is 0 Å². The highest BCUT2D eigenvalue weighted by atomic mass is 16.6. The lowest BCUT2D eigenvalue weighted by molar-refractivity contribution is -0.385. The zero-order valence-corrected chi connectivity index (χ0v) is 15.3. The quantitative estimate of drug-likeness (QED) is 0.246. The third-order valence-electron chi connectivity index (χ3n) is 4.10. The number of carbonyl (C=O) groups is 1. The summed E-state index contributed by atoms with van der Waals surface area (Å²) in [5.74, 6) is 0.134. The first kappa shape index (κ1) is 19.1. The molecule has 3 rings (SSSR count). The summed E-state index contributed by atoms with van der Waals surface area (Å²) in [6, 6.07) is 21.7. The monoisotopic (exact) mass is 377 g/mol. The van der Waals surface area contributed by atoms with Crippen molar-refractivity contribution in [2.75, 3.05) is 0 Å². The number of benzene rings is 3. The molecule has 6 nitrogen and oxygen atoms in total. The predicted octanol–water partition coefficient (Wildman–Crippen LogP) is 5.16. The summed E-state index contributed by atoms with van der Waals surface area (Å²) in [4.78, 5) is 22.2. The van der Waals surface area contributed by atoms with Crippen LogP contribution in [0.1, 0.15) is 18.9 Å². The number of nitro benzene ring substituents is 1. The van der Waals surface area contributed by atoms with E-state index in [1.807, 2.05) is 54.6 Å². The highest BCUT2D eigenvalue weighted by molar-refractivity contribution is 5.75. The van der Waals surface area contributed by atoms with Gasteiger partial charge in [-0.1, -0.05) is 55.5 Å². The molecule has 0 unspecified atom stereocenters. The lowest BCUT2D eigenvalue weighted by atomic mass is 10.0. The Morgan fingerprint density at radius 1 is 0.964 bits per heavy atom. The number of ether oxygens (including phenoxy) is 2. The average Bonchev–Trinajstić information content (AvgIpc) is 2.73. The molecule has 0 aliphatic rings. The third kappa shape index (κ3) is 4.73. The first-order valence-electron chi connectivity index (χ1n) is 8.83. The first-order valence-corrected chi connectivity index (χ1v) is 8.83. The molecule has 0 saturated carbocycles. The van der Waals surface area contributed by atoms with Crippen molar-refractivity contribution in [1.29, 1.82) is 0 Å². The lowest BCUT2D eigenvalue weighted by Gasteiger charge is -2.09. The second-order valence-electron chi connectivity index (χ2n) is 6.07. The standard InChI is InChI=1S/C22H19NO5/c1-2-22(24)28-21-13-10-18(14-20(21)23(25)26)17-8-11-19(12-9-17)27-15-16-6-4-3-5-7-16/h3-14H,2,15H2,1H3. The van der Waals surface area contributed by atoms with Gasteiger partial charge in [-0.05, 0) is 34.9 Å². The van der Waals surface area contributed by atoms with E-state index in [2.05, 4.69) is 0 Å². The minimum Gasteiger partial charge on any atom is -0.489 e. The molecular formula is C22H19NO5. The van der Waals surface area contributed by atoms with Crippen LogP contribution in [0.25, 0.3) is 11.1 Å². The molecule has 6 heteroatoms. The van der Waals surface area contributed by atoms with E-state index in [-0.39, 0.29) is 17.9 Å². The summed E-state index contributed by atoms with van der Waals surface area (Å²) in [6.07, 6.45) is 0.142. The molecule has 0 bridgehead atoms. The number of esters is 1. The molecule has 0 fully saturated rings. The Balaban J connectivity index is 1.76. The maximum absolute atomic E-state index is 11.5. The van der Waals surface area contributed by atoms with Crippen LogP contribution in [-0.2, 0) is 11.4 Å². The molecule has 142 valence electrons. The van der Waals surface area contributed by atoms with Gasteiger partial charge in [0, 0.05) is 12.5 Å². The fourth-order valence-corrected chi connectivity index (χ4v) is 2.61. The SMILES string of the molecule is CCC(=O)Oc1ccc(-c2ccc(OCc3ccccc3)cc2)cc1[N+](=O)[O-]. The molecule has 0 aromatic heterocycles. The Labute approximate surface area is 162 Å². The van der Waals surface area contributed by atoms with Crippen LogP contribution in [0.5, 0.6) is 11.5 Å². The molecule has 0 heterocycles. The first-order chi connectivity index (χ1) is 13.6. The van der Waals surface area contributed by atoms with Crippen LogP contribution >= 0.6 is 0 Å². The number of rotatable bonds is 7. The van der Waals surface area contributed by atoms with Crippen molar-refractivity contribution in [3.05, 3.63) is 88.5 Å². The van der Waals surface area contributed by atoms with Gasteiger partial charge >= 0.3 is 11.7 Å². The maximum Gasteiger partial charge on any atom is 0.312 e. The van der Waals surface area contributed by atoms with E-state index in [9.17, 15) is 14.9 Å². The molecule has 3 aromatic rings. The molecule has 0 atom stereocenters. The van der Waals surface area contributed by atoms with E-state index in [0.717, 1.165) is 11.1 Å². The summed E-state index contributed by atoms with van der Waals surface area (Å²) in [5, 5.41) is 11.3. The van der Waals surface area contributed by atoms with Crippen molar-refractivity contribution in [2.24, 2.45) is 0 Å². The second-order valence-corrected chi connectivity index (χ2v) is 6.07.